The summed E-state index contributed by atoms with van der Waals surface area (Å²) in [7, 11) is 1.63. The summed E-state index contributed by atoms with van der Waals surface area (Å²) in [6, 6.07) is 15.0. The van der Waals surface area contributed by atoms with Crippen LogP contribution < -0.4 is 20.1 Å². The van der Waals surface area contributed by atoms with Gasteiger partial charge in [0.2, 0.25) is 5.95 Å². The molecule has 0 bridgehead atoms. The lowest BCUT2D eigenvalue weighted by atomic mass is 10.2. The maximum Gasteiger partial charge on any atom is 0.258 e. The van der Waals surface area contributed by atoms with Gasteiger partial charge in [-0.1, -0.05) is 30.3 Å². The van der Waals surface area contributed by atoms with Crippen molar-refractivity contribution < 1.29 is 14.3 Å². The van der Waals surface area contributed by atoms with E-state index < -0.39 is 0 Å². The van der Waals surface area contributed by atoms with Gasteiger partial charge in [-0.2, -0.15) is 0 Å². The molecule has 3 aromatic rings. The molecule has 0 aliphatic carbocycles. The maximum atomic E-state index is 12.5. The minimum absolute atomic E-state index is 0.302. The van der Waals surface area contributed by atoms with E-state index in [2.05, 4.69) is 20.6 Å². The Kier molecular flexibility index (Phi) is 6.41. The van der Waals surface area contributed by atoms with Crippen molar-refractivity contribution in [2.45, 2.75) is 13.5 Å². The second-order valence-corrected chi connectivity index (χ2v) is 5.84. The smallest absolute Gasteiger partial charge is 0.258 e. The first kappa shape index (κ1) is 19.2. The maximum absolute atomic E-state index is 12.5. The Hall–Kier alpha value is -3.61. The van der Waals surface area contributed by atoms with Gasteiger partial charge in [0.1, 0.15) is 11.5 Å². The Bertz CT molecular complexity index is 929. The fraction of sp³-hybridized carbons (Fsp3) is 0.190. The van der Waals surface area contributed by atoms with E-state index in [1.165, 1.54) is 12.4 Å². The van der Waals surface area contributed by atoms with Crippen LogP contribution in [0.2, 0.25) is 0 Å². The monoisotopic (exact) mass is 378 g/mol. The number of aromatic nitrogens is 2. The molecule has 0 atom stereocenters. The van der Waals surface area contributed by atoms with Crippen molar-refractivity contribution in [3.8, 4) is 11.5 Å². The molecule has 0 spiro atoms. The summed E-state index contributed by atoms with van der Waals surface area (Å²) >= 11 is 0. The van der Waals surface area contributed by atoms with Crippen molar-refractivity contribution in [2.24, 2.45) is 0 Å². The first-order valence-corrected chi connectivity index (χ1v) is 8.92. The lowest BCUT2D eigenvalue weighted by Crippen LogP contribution is -2.14. The largest absolute Gasteiger partial charge is 0.496 e. The SMILES string of the molecule is CCOc1ccccc1NC(=O)c1cnc(NCc2ccccc2OC)nc1. The molecule has 0 aliphatic rings. The lowest BCUT2D eigenvalue weighted by Gasteiger charge is -2.11. The highest BCUT2D eigenvalue weighted by Crippen LogP contribution is 2.24. The van der Waals surface area contributed by atoms with Gasteiger partial charge in [-0.05, 0) is 25.1 Å². The first-order chi connectivity index (χ1) is 13.7. The zero-order valence-electron chi connectivity index (χ0n) is 15.8. The van der Waals surface area contributed by atoms with Gasteiger partial charge in [-0.25, -0.2) is 9.97 Å². The van der Waals surface area contributed by atoms with E-state index in [1.807, 2.05) is 43.3 Å². The summed E-state index contributed by atoms with van der Waals surface area (Å²) in [5.74, 6) is 1.54. The Morgan fingerprint density at radius 3 is 2.39 bits per heavy atom. The van der Waals surface area contributed by atoms with Gasteiger partial charge in [-0.15, -0.1) is 0 Å². The average Bonchev–Trinajstić information content (AvgIpc) is 2.74. The molecule has 7 nitrogen and oxygen atoms in total. The van der Waals surface area contributed by atoms with Gasteiger partial charge in [0.05, 0.1) is 25.0 Å². The van der Waals surface area contributed by atoms with Crippen LogP contribution in [0.15, 0.2) is 60.9 Å². The number of nitrogens with zero attached hydrogens (tertiary/aromatic N) is 2. The minimum atomic E-state index is -0.302. The number of amides is 1. The number of carbonyl (C=O) groups excluding carboxylic acids is 1. The summed E-state index contributed by atoms with van der Waals surface area (Å²) in [6.07, 6.45) is 2.96. The third-order valence-corrected chi connectivity index (χ3v) is 3.98. The summed E-state index contributed by atoms with van der Waals surface area (Å²) in [5, 5.41) is 5.95. The van der Waals surface area contributed by atoms with Gasteiger partial charge in [0.25, 0.3) is 5.91 Å². The fourth-order valence-corrected chi connectivity index (χ4v) is 2.61. The average molecular weight is 378 g/mol. The Morgan fingerprint density at radius 2 is 1.68 bits per heavy atom. The molecule has 0 unspecified atom stereocenters. The molecule has 28 heavy (non-hydrogen) atoms. The van der Waals surface area contributed by atoms with E-state index in [9.17, 15) is 4.79 Å². The molecule has 1 amide bonds. The Balaban J connectivity index is 1.63. The second kappa shape index (κ2) is 9.36. The molecular weight excluding hydrogens is 356 g/mol. The molecule has 0 aliphatic heterocycles. The predicted molar refractivity (Wildman–Crippen MR) is 108 cm³/mol. The number of hydrogen-bond acceptors (Lipinski definition) is 6. The molecule has 0 fully saturated rings. The topological polar surface area (TPSA) is 85.4 Å². The van der Waals surface area contributed by atoms with Crippen molar-refractivity contribution >= 4 is 17.5 Å². The van der Waals surface area contributed by atoms with Crippen LogP contribution in [0.5, 0.6) is 11.5 Å². The van der Waals surface area contributed by atoms with E-state index in [0.717, 1.165) is 11.3 Å². The molecule has 1 aromatic heterocycles. The molecule has 1 heterocycles. The van der Waals surface area contributed by atoms with Crippen LogP contribution in [0.1, 0.15) is 22.8 Å². The summed E-state index contributed by atoms with van der Waals surface area (Å²) in [4.78, 5) is 20.9. The number of para-hydroxylation sites is 3. The number of hydrogen-bond donors (Lipinski definition) is 2. The van der Waals surface area contributed by atoms with Crippen LogP contribution >= 0.6 is 0 Å². The van der Waals surface area contributed by atoms with E-state index in [1.54, 1.807) is 19.2 Å². The minimum Gasteiger partial charge on any atom is -0.496 e. The van der Waals surface area contributed by atoms with Crippen LogP contribution in [-0.4, -0.2) is 29.6 Å². The predicted octanol–water partition coefficient (Wildman–Crippen LogP) is 3.75. The Morgan fingerprint density at radius 1 is 1.00 bits per heavy atom. The Labute approximate surface area is 163 Å². The zero-order valence-corrected chi connectivity index (χ0v) is 15.8. The molecule has 0 saturated heterocycles. The molecule has 144 valence electrons. The molecule has 0 saturated carbocycles. The second-order valence-electron chi connectivity index (χ2n) is 5.84. The molecular formula is C21H22N4O3. The van der Waals surface area contributed by atoms with Crippen LogP contribution in [0.25, 0.3) is 0 Å². The number of anilines is 2. The van der Waals surface area contributed by atoms with Crippen LogP contribution in [0.3, 0.4) is 0 Å². The number of carbonyl (C=O) groups is 1. The van der Waals surface area contributed by atoms with Gasteiger partial charge in [0.15, 0.2) is 0 Å². The van der Waals surface area contributed by atoms with Gasteiger partial charge < -0.3 is 20.1 Å². The number of benzene rings is 2. The van der Waals surface area contributed by atoms with Crippen LogP contribution in [0.4, 0.5) is 11.6 Å². The van der Waals surface area contributed by atoms with Crippen molar-refractivity contribution in [1.29, 1.82) is 0 Å². The van der Waals surface area contributed by atoms with E-state index in [0.29, 0.717) is 36.1 Å². The van der Waals surface area contributed by atoms with Crippen LogP contribution in [-0.2, 0) is 6.54 Å². The van der Waals surface area contributed by atoms with E-state index in [4.69, 9.17) is 9.47 Å². The summed E-state index contributed by atoms with van der Waals surface area (Å²) < 4.78 is 10.8. The van der Waals surface area contributed by atoms with Crippen molar-refractivity contribution in [1.82, 2.24) is 9.97 Å². The third-order valence-electron chi connectivity index (χ3n) is 3.98. The standard InChI is InChI=1S/C21H22N4O3/c1-3-28-19-11-7-5-9-17(19)25-20(26)16-13-23-21(24-14-16)22-12-15-8-4-6-10-18(15)27-2/h4-11,13-14H,3,12H2,1-2H3,(H,25,26)(H,22,23,24). The summed E-state index contributed by atoms with van der Waals surface area (Å²) in [6.45, 7) is 2.92. The van der Waals surface area contributed by atoms with Gasteiger partial charge in [0, 0.05) is 24.5 Å². The molecule has 7 heteroatoms. The number of rotatable bonds is 8. The van der Waals surface area contributed by atoms with Gasteiger partial charge in [-0.3, -0.25) is 4.79 Å². The lowest BCUT2D eigenvalue weighted by molar-refractivity contribution is 0.102. The van der Waals surface area contributed by atoms with Crippen molar-refractivity contribution in [3.05, 3.63) is 72.1 Å². The number of ether oxygens (including phenoxy) is 2. The van der Waals surface area contributed by atoms with Crippen LogP contribution in [0, 0.1) is 0 Å². The third kappa shape index (κ3) is 4.76. The van der Waals surface area contributed by atoms with E-state index >= 15 is 0 Å². The van der Waals surface area contributed by atoms with Gasteiger partial charge >= 0.3 is 0 Å². The molecule has 3 rings (SSSR count). The van der Waals surface area contributed by atoms with Crippen molar-refractivity contribution in [3.63, 3.8) is 0 Å². The normalized spacial score (nSPS) is 10.2. The highest BCUT2D eigenvalue weighted by Gasteiger charge is 2.11. The number of methoxy groups -OCH3 is 1. The van der Waals surface area contributed by atoms with E-state index in [-0.39, 0.29) is 5.91 Å². The highest BCUT2D eigenvalue weighted by molar-refractivity contribution is 6.04. The molecule has 2 aromatic carbocycles. The molecule has 0 radical (unpaired) electrons. The molecule has 2 N–H and O–H groups in total. The fourth-order valence-electron chi connectivity index (χ4n) is 2.61. The summed E-state index contributed by atoms with van der Waals surface area (Å²) in [5.41, 5.74) is 1.95. The van der Waals surface area contributed by atoms with Crippen molar-refractivity contribution in [2.75, 3.05) is 24.4 Å². The quantitative estimate of drug-likeness (QED) is 0.621. The first-order valence-electron chi connectivity index (χ1n) is 8.92. The number of nitrogens with one attached hydrogen (secondary N) is 2. The highest BCUT2D eigenvalue weighted by atomic mass is 16.5. The zero-order chi connectivity index (χ0) is 19.8.